The van der Waals surface area contributed by atoms with Gasteiger partial charge in [-0.1, -0.05) is 6.07 Å². The topological polar surface area (TPSA) is 52.1 Å². The van der Waals surface area contributed by atoms with E-state index in [2.05, 4.69) is 15.9 Å². The molecule has 4 nitrogen and oxygen atoms in total. The van der Waals surface area contributed by atoms with Crippen LogP contribution in [0.2, 0.25) is 0 Å². The highest BCUT2D eigenvalue weighted by Crippen LogP contribution is 2.20. The lowest BCUT2D eigenvalue weighted by Crippen LogP contribution is -2.30. The molecule has 5 heteroatoms. The lowest BCUT2D eigenvalue weighted by molar-refractivity contribution is -0.530. The number of hydrogen-bond donors (Lipinski definition) is 0. The standard InChI is InChI=1S/C16H23BrN2O2/c1-15(2,3)18(20)10-12-8-7-9-13(14(12)17)11-19(21)16(4,5)6/h7-11H,1-6H3/b18-10-,19-11-. The third-order valence-electron chi connectivity index (χ3n) is 2.89. The predicted octanol–water partition coefficient (Wildman–Crippen LogP) is 3.90. The van der Waals surface area contributed by atoms with Crippen molar-refractivity contribution >= 4 is 28.4 Å². The Bertz CT molecular complexity index is 531. The summed E-state index contributed by atoms with van der Waals surface area (Å²) in [7, 11) is 0. The van der Waals surface area contributed by atoms with Crippen LogP contribution >= 0.6 is 15.9 Å². The van der Waals surface area contributed by atoms with Gasteiger partial charge in [-0.2, -0.15) is 0 Å². The van der Waals surface area contributed by atoms with Crippen LogP contribution in [0, 0.1) is 10.4 Å². The number of benzene rings is 1. The van der Waals surface area contributed by atoms with Crippen molar-refractivity contribution in [1.29, 1.82) is 0 Å². The Kier molecular flexibility index (Phi) is 5.20. The highest BCUT2D eigenvalue weighted by atomic mass is 79.9. The van der Waals surface area contributed by atoms with Gasteiger partial charge in [0.05, 0.1) is 11.1 Å². The fraction of sp³-hybridized carbons (Fsp3) is 0.500. The van der Waals surface area contributed by atoms with E-state index < -0.39 is 11.1 Å². The van der Waals surface area contributed by atoms with Gasteiger partial charge in [0.25, 0.3) is 0 Å². The van der Waals surface area contributed by atoms with E-state index in [1.165, 1.54) is 12.4 Å². The molecule has 1 aromatic rings. The van der Waals surface area contributed by atoms with E-state index in [-0.39, 0.29) is 0 Å². The third kappa shape index (κ3) is 4.84. The minimum Gasteiger partial charge on any atom is -0.623 e. The highest BCUT2D eigenvalue weighted by molar-refractivity contribution is 9.10. The largest absolute Gasteiger partial charge is 0.623 e. The van der Waals surface area contributed by atoms with Gasteiger partial charge in [0.1, 0.15) is 0 Å². The molecule has 116 valence electrons. The molecule has 0 aliphatic heterocycles. The maximum absolute atomic E-state index is 12.0. The summed E-state index contributed by atoms with van der Waals surface area (Å²) < 4.78 is 2.56. The average molecular weight is 355 g/mol. The molecule has 0 N–H and O–H groups in total. The van der Waals surface area contributed by atoms with Crippen LogP contribution in [0.15, 0.2) is 22.7 Å². The molecule has 0 aromatic heterocycles. The van der Waals surface area contributed by atoms with Gasteiger partial charge in [-0.3, -0.25) is 0 Å². The maximum atomic E-state index is 12.0. The van der Waals surface area contributed by atoms with Crippen molar-refractivity contribution < 1.29 is 9.48 Å². The van der Waals surface area contributed by atoms with Crippen LogP contribution < -0.4 is 0 Å². The summed E-state index contributed by atoms with van der Waals surface area (Å²) in [6.45, 7) is 11.1. The second-order valence-electron chi connectivity index (χ2n) is 7.00. The molecule has 0 saturated heterocycles. The van der Waals surface area contributed by atoms with Crippen LogP contribution in [-0.2, 0) is 0 Å². The Labute approximate surface area is 135 Å². The van der Waals surface area contributed by atoms with Gasteiger partial charge in [0, 0.05) is 46.0 Å². The van der Waals surface area contributed by atoms with Crippen LogP contribution in [0.5, 0.6) is 0 Å². The zero-order chi connectivity index (χ0) is 16.4. The molecule has 0 fully saturated rings. The molecule has 21 heavy (non-hydrogen) atoms. The number of hydroxylamine groups is 2. The zero-order valence-corrected chi connectivity index (χ0v) is 15.1. The summed E-state index contributed by atoms with van der Waals surface area (Å²) in [6, 6.07) is 5.50. The Morgan fingerprint density at radius 2 is 1.19 bits per heavy atom. The SMILES string of the molecule is CC(C)(C)/[N+]([O-])=C/c1cccc(/C=[N+](\[O-])C(C)(C)C)c1Br. The summed E-state index contributed by atoms with van der Waals surface area (Å²) in [5.41, 5.74) is 0.483. The van der Waals surface area contributed by atoms with Crippen molar-refractivity contribution in [2.24, 2.45) is 0 Å². The summed E-state index contributed by atoms with van der Waals surface area (Å²) in [5.74, 6) is 0. The van der Waals surface area contributed by atoms with Crippen molar-refractivity contribution in [1.82, 2.24) is 0 Å². The van der Waals surface area contributed by atoms with Crippen molar-refractivity contribution in [2.75, 3.05) is 0 Å². The summed E-state index contributed by atoms with van der Waals surface area (Å²) >= 11 is 3.48. The number of halogens is 1. The second kappa shape index (κ2) is 6.18. The summed E-state index contributed by atoms with van der Waals surface area (Å²) in [4.78, 5) is 0. The van der Waals surface area contributed by atoms with Gasteiger partial charge in [-0.25, -0.2) is 9.48 Å². The number of rotatable bonds is 2. The normalized spacial score (nSPS) is 14.4. The van der Waals surface area contributed by atoms with Gasteiger partial charge in [0.2, 0.25) is 0 Å². The minimum atomic E-state index is -0.505. The molecule has 0 unspecified atom stereocenters. The molecule has 0 amide bonds. The van der Waals surface area contributed by atoms with Crippen LogP contribution in [0.4, 0.5) is 0 Å². The molecule has 0 aliphatic rings. The Balaban J connectivity index is 3.29. The van der Waals surface area contributed by atoms with Crippen molar-refractivity contribution in [3.05, 3.63) is 44.2 Å². The van der Waals surface area contributed by atoms with Gasteiger partial charge in [-0.15, -0.1) is 0 Å². The fourth-order valence-corrected chi connectivity index (χ4v) is 1.88. The number of hydrogen-bond acceptors (Lipinski definition) is 2. The van der Waals surface area contributed by atoms with E-state index in [1.807, 2.05) is 59.7 Å². The molecule has 0 aliphatic carbocycles. The molecule has 0 saturated carbocycles. The van der Waals surface area contributed by atoms with Gasteiger partial charge in [0.15, 0.2) is 23.5 Å². The fourth-order valence-electron chi connectivity index (χ4n) is 1.41. The molecular weight excluding hydrogens is 332 g/mol. The Hall–Kier alpha value is -1.36. The van der Waals surface area contributed by atoms with Crippen LogP contribution in [0.3, 0.4) is 0 Å². The van der Waals surface area contributed by atoms with E-state index in [4.69, 9.17) is 0 Å². The lowest BCUT2D eigenvalue weighted by Gasteiger charge is -2.19. The van der Waals surface area contributed by atoms with Crippen LogP contribution in [-0.4, -0.2) is 33.0 Å². The number of nitrogens with zero attached hydrogens (tertiary/aromatic N) is 2. The van der Waals surface area contributed by atoms with Gasteiger partial charge < -0.3 is 10.4 Å². The first kappa shape index (κ1) is 17.7. The molecular formula is C16H23BrN2O2. The Morgan fingerprint density at radius 3 is 1.48 bits per heavy atom. The molecule has 0 heterocycles. The monoisotopic (exact) mass is 354 g/mol. The van der Waals surface area contributed by atoms with E-state index in [0.717, 1.165) is 25.1 Å². The highest BCUT2D eigenvalue weighted by Gasteiger charge is 2.21. The smallest absolute Gasteiger partial charge is 0.183 e. The average Bonchev–Trinajstić information content (AvgIpc) is 2.31. The molecule has 0 atom stereocenters. The van der Waals surface area contributed by atoms with Gasteiger partial charge >= 0.3 is 0 Å². The second-order valence-corrected chi connectivity index (χ2v) is 7.79. The van der Waals surface area contributed by atoms with Crippen molar-refractivity contribution in [3.8, 4) is 0 Å². The first-order chi connectivity index (χ1) is 9.43. The minimum absolute atomic E-state index is 0.505. The first-order valence-electron chi connectivity index (χ1n) is 6.84. The predicted molar refractivity (Wildman–Crippen MR) is 91.2 cm³/mol. The molecule has 0 bridgehead atoms. The van der Waals surface area contributed by atoms with E-state index in [9.17, 15) is 10.4 Å². The Morgan fingerprint density at radius 1 is 0.857 bits per heavy atom. The van der Waals surface area contributed by atoms with E-state index in [0.29, 0.717) is 0 Å². The van der Waals surface area contributed by atoms with Crippen molar-refractivity contribution in [2.45, 2.75) is 52.6 Å². The van der Waals surface area contributed by atoms with Crippen LogP contribution in [0.1, 0.15) is 52.7 Å². The quantitative estimate of drug-likeness (QED) is 0.350. The molecule has 1 rings (SSSR count). The molecule has 0 radical (unpaired) electrons. The molecule has 0 spiro atoms. The lowest BCUT2D eigenvalue weighted by atomic mass is 10.1. The summed E-state index contributed by atoms with van der Waals surface area (Å²) in [5, 5.41) is 24.1. The van der Waals surface area contributed by atoms with E-state index in [1.54, 1.807) is 0 Å². The van der Waals surface area contributed by atoms with Crippen LogP contribution in [0.25, 0.3) is 0 Å². The van der Waals surface area contributed by atoms with Gasteiger partial charge in [-0.05, 0) is 28.1 Å². The van der Waals surface area contributed by atoms with E-state index >= 15 is 0 Å². The first-order valence-corrected chi connectivity index (χ1v) is 7.63. The third-order valence-corrected chi connectivity index (χ3v) is 3.81. The maximum Gasteiger partial charge on any atom is 0.183 e. The summed E-state index contributed by atoms with van der Waals surface area (Å²) in [6.07, 6.45) is 3.07. The van der Waals surface area contributed by atoms with Crippen molar-refractivity contribution in [3.63, 3.8) is 0 Å². The zero-order valence-electron chi connectivity index (χ0n) is 13.5. The molecule has 1 aromatic carbocycles.